The van der Waals surface area contributed by atoms with Gasteiger partial charge in [0.1, 0.15) is 17.5 Å². The van der Waals surface area contributed by atoms with Crippen LogP contribution in [0.25, 0.3) is 5.69 Å². The normalized spacial score (nSPS) is 17.4. The van der Waals surface area contributed by atoms with Gasteiger partial charge in [-0.1, -0.05) is 6.07 Å². The minimum atomic E-state index is 0.0974. The number of para-hydroxylation sites is 1. The molecule has 1 aromatic carbocycles. The number of hydrogen-bond donors (Lipinski definition) is 1. The number of nitriles is 1. The van der Waals surface area contributed by atoms with Crippen LogP contribution in [-0.4, -0.2) is 11.7 Å². The van der Waals surface area contributed by atoms with E-state index in [1.54, 1.807) is 7.11 Å². The van der Waals surface area contributed by atoms with E-state index in [2.05, 4.69) is 16.7 Å². The van der Waals surface area contributed by atoms with Crippen LogP contribution in [0, 0.1) is 11.3 Å². The topological polar surface area (TPSA) is 64.0 Å². The van der Waals surface area contributed by atoms with E-state index in [0.717, 1.165) is 24.9 Å². The van der Waals surface area contributed by atoms with E-state index in [9.17, 15) is 5.26 Å². The summed E-state index contributed by atoms with van der Waals surface area (Å²) in [5.74, 6) is 0.710. The number of benzene rings is 1. The summed E-state index contributed by atoms with van der Waals surface area (Å²) in [6, 6.07) is 9.93. The highest BCUT2D eigenvalue weighted by Crippen LogP contribution is 2.34. The van der Waals surface area contributed by atoms with Gasteiger partial charge < -0.3 is 15.0 Å². The Morgan fingerprint density at radius 3 is 3.00 bits per heavy atom. The van der Waals surface area contributed by atoms with Gasteiger partial charge in [-0.15, -0.1) is 0 Å². The van der Waals surface area contributed by atoms with Gasteiger partial charge in [0.15, 0.2) is 0 Å². The molecule has 1 aromatic heterocycles. The number of fused-ring (bicyclic) bond motifs is 1. The molecule has 102 valence electrons. The first-order valence-corrected chi connectivity index (χ1v) is 6.79. The standard InChI is InChI=1S/C16H17N3O/c1-20-15-7-2-4-11(10-17)16(15)19-9-8-12-13(18)5-3-6-14(12)19/h2,4,7-9,13H,3,5-6,18H2,1H3. The first-order valence-electron chi connectivity index (χ1n) is 6.79. The summed E-state index contributed by atoms with van der Waals surface area (Å²) in [6.07, 6.45) is 5.08. The Kier molecular flexibility index (Phi) is 3.21. The molecule has 2 aromatic rings. The zero-order valence-corrected chi connectivity index (χ0v) is 11.5. The lowest BCUT2D eigenvalue weighted by molar-refractivity contribution is 0.412. The number of aromatic nitrogens is 1. The van der Waals surface area contributed by atoms with Gasteiger partial charge >= 0.3 is 0 Å². The second-order valence-corrected chi connectivity index (χ2v) is 5.05. The van der Waals surface area contributed by atoms with Crippen LogP contribution >= 0.6 is 0 Å². The lowest BCUT2D eigenvalue weighted by atomic mass is 9.93. The Hall–Kier alpha value is -2.25. The molecule has 20 heavy (non-hydrogen) atoms. The van der Waals surface area contributed by atoms with Crippen LogP contribution in [0.15, 0.2) is 30.5 Å². The smallest absolute Gasteiger partial charge is 0.144 e. The molecule has 1 heterocycles. The molecule has 2 N–H and O–H groups in total. The molecule has 0 spiro atoms. The largest absolute Gasteiger partial charge is 0.495 e. The van der Waals surface area contributed by atoms with Gasteiger partial charge in [-0.2, -0.15) is 5.26 Å². The van der Waals surface area contributed by atoms with E-state index >= 15 is 0 Å². The molecule has 0 saturated carbocycles. The van der Waals surface area contributed by atoms with Crippen molar-refractivity contribution >= 4 is 0 Å². The van der Waals surface area contributed by atoms with E-state index in [1.807, 2.05) is 24.4 Å². The summed E-state index contributed by atoms with van der Waals surface area (Å²) in [5.41, 5.74) is 9.98. The Balaban J connectivity index is 2.22. The van der Waals surface area contributed by atoms with Crippen molar-refractivity contribution in [1.82, 2.24) is 4.57 Å². The van der Waals surface area contributed by atoms with E-state index in [1.165, 1.54) is 11.3 Å². The molecule has 0 bridgehead atoms. The molecule has 1 aliphatic rings. The van der Waals surface area contributed by atoms with Crippen LogP contribution in [-0.2, 0) is 6.42 Å². The van der Waals surface area contributed by atoms with Crippen molar-refractivity contribution in [3.8, 4) is 17.5 Å². The van der Waals surface area contributed by atoms with E-state index in [-0.39, 0.29) is 6.04 Å². The van der Waals surface area contributed by atoms with E-state index in [4.69, 9.17) is 10.5 Å². The van der Waals surface area contributed by atoms with Crippen LogP contribution in [0.5, 0.6) is 5.75 Å². The minimum absolute atomic E-state index is 0.0974. The molecule has 0 amide bonds. The predicted molar refractivity (Wildman–Crippen MR) is 76.9 cm³/mol. The fourth-order valence-electron chi connectivity index (χ4n) is 2.96. The summed E-state index contributed by atoms with van der Waals surface area (Å²) in [5, 5.41) is 9.35. The fraction of sp³-hybridized carbons (Fsp3) is 0.312. The Labute approximate surface area is 118 Å². The fourth-order valence-corrected chi connectivity index (χ4v) is 2.96. The summed E-state index contributed by atoms with van der Waals surface area (Å²) in [7, 11) is 1.63. The van der Waals surface area contributed by atoms with Crippen molar-refractivity contribution < 1.29 is 4.74 Å². The van der Waals surface area contributed by atoms with Gasteiger partial charge in [-0.3, -0.25) is 0 Å². The number of methoxy groups -OCH3 is 1. The molecule has 1 atom stereocenters. The molecular formula is C16H17N3O. The minimum Gasteiger partial charge on any atom is -0.495 e. The Bertz CT molecular complexity index is 682. The first-order chi connectivity index (χ1) is 9.76. The maximum atomic E-state index is 9.35. The third-order valence-electron chi connectivity index (χ3n) is 3.94. The third-order valence-corrected chi connectivity index (χ3v) is 3.94. The molecular weight excluding hydrogens is 250 g/mol. The maximum Gasteiger partial charge on any atom is 0.144 e. The van der Waals surface area contributed by atoms with Gasteiger partial charge in [0, 0.05) is 17.9 Å². The molecule has 1 aliphatic carbocycles. The average Bonchev–Trinajstić information content (AvgIpc) is 2.91. The van der Waals surface area contributed by atoms with Crippen molar-refractivity contribution in [1.29, 1.82) is 5.26 Å². The number of ether oxygens (including phenoxy) is 1. The van der Waals surface area contributed by atoms with Crippen molar-refractivity contribution in [2.24, 2.45) is 5.73 Å². The van der Waals surface area contributed by atoms with Crippen molar-refractivity contribution in [3.05, 3.63) is 47.3 Å². The van der Waals surface area contributed by atoms with Crippen LogP contribution in [0.1, 0.15) is 35.7 Å². The SMILES string of the molecule is COc1cccc(C#N)c1-n1ccc2c1CCCC2N. The van der Waals surface area contributed by atoms with Gasteiger partial charge in [0.25, 0.3) is 0 Å². The average molecular weight is 267 g/mol. The second kappa shape index (κ2) is 5.03. The van der Waals surface area contributed by atoms with E-state index < -0.39 is 0 Å². The zero-order valence-electron chi connectivity index (χ0n) is 11.5. The molecule has 0 saturated heterocycles. The van der Waals surface area contributed by atoms with Gasteiger partial charge in [-0.25, -0.2) is 0 Å². The van der Waals surface area contributed by atoms with Gasteiger partial charge in [0.05, 0.1) is 12.7 Å². The summed E-state index contributed by atoms with van der Waals surface area (Å²) in [6.45, 7) is 0. The Morgan fingerprint density at radius 2 is 2.25 bits per heavy atom. The predicted octanol–water partition coefficient (Wildman–Crippen LogP) is 2.69. The summed E-state index contributed by atoms with van der Waals surface area (Å²) < 4.78 is 7.49. The number of hydrogen-bond acceptors (Lipinski definition) is 3. The molecule has 0 radical (unpaired) electrons. The molecule has 0 aliphatic heterocycles. The van der Waals surface area contributed by atoms with Crippen LogP contribution in [0.3, 0.4) is 0 Å². The quantitative estimate of drug-likeness (QED) is 0.909. The van der Waals surface area contributed by atoms with Gasteiger partial charge in [-0.05, 0) is 43.0 Å². The highest BCUT2D eigenvalue weighted by Gasteiger charge is 2.23. The Morgan fingerprint density at radius 1 is 1.40 bits per heavy atom. The first kappa shape index (κ1) is 12.8. The second-order valence-electron chi connectivity index (χ2n) is 5.05. The lowest BCUT2D eigenvalue weighted by Crippen LogP contribution is -2.18. The highest BCUT2D eigenvalue weighted by atomic mass is 16.5. The maximum absolute atomic E-state index is 9.35. The number of rotatable bonds is 2. The van der Waals surface area contributed by atoms with Crippen LogP contribution < -0.4 is 10.5 Å². The monoisotopic (exact) mass is 267 g/mol. The van der Waals surface area contributed by atoms with Crippen molar-refractivity contribution in [3.63, 3.8) is 0 Å². The molecule has 1 unspecified atom stereocenters. The number of nitrogens with zero attached hydrogens (tertiary/aromatic N) is 2. The molecule has 4 nitrogen and oxygen atoms in total. The third kappa shape index (κ3) is 1.87. The van der Waals surface area contributed by atoms with Crippen molar-refractivity contribution in [2.75, 3.05) is 7.11 Å². The van der Waals surface area contributed by atoms with Gasteiger partial charge in [0.2, 0.25) is 0 Å². The van der Waals surface area contributed by atoms with Crippen LogP contribution in [0.2, 0.25) is 0 Å². The lowest BCUT2D eigenvalue weighted by Gasteiger charge is -2.22. The molecule has 0 fully saturated rings. The summed E-state index contributed by atoms with van der Waals surface area (Å²) >= 11 is 0. The zero-order chi connectivity index (χ0) is 14.1. The molecule has 3 rings (SSSR count). The molecule has 4 heteroatoms. The number of nitrogens with two attached hydrogens (primary N) is 1. The summed E-state index contributed by atoms with van der Waals surface area (Å²) in [4.78, 5) is 0. The van der Waals surface area contributed by atoms with Crippen LogP contribution in [0.4, 0.5) is 0 Å². The highest BCUT2D eigenvalue weighted by molar-refractivity contribution is 5.59. The van der Waals surface area contributed by atoms with Crippen molar-refractivity contribution in [2.45, 2.75) is 25.3 Å². The van der Waals surface area contributed by atoms with E-state index in [0.29, 0.717) is 11.3 Å².